The highest BCUT2D eigenvalue weighted by atomic mass is 32.2. The molecule has 0 bridgehead atoms. The van der Waals surface area contributed by atoms with Gasteiger partial charge in [-0.05, 0) is 36.4 Å². The van der Waals surface area contributed by atoms with Crippen LogP contribution in [0, 0.1) is 11.3 Å². The van der Waals surface area contributed by atoms with Crippen molar-refractivity contribution in [1.29, 1.82) is 5.26 Å². The van der Waals surface area contributed by atoms with Crippen LogP contribution in [-0.2, 0) is 16.2 Å². The van der Waals surface area contributed by atoms with Crippen LogP contribution in [0.2, 0.25) is 0 Å². The molecule has 0 saturated carbocycles. The Balaban J connectivity index is 1.67. The highest BCUT2D eigenvalue weighted by Gasteiger charge is 2.39. The predicted molar refractivity (Wildman–Crippen MR) is 83.6 cm³/mol. The van der Waals surface area contributed by atoms with Crippen LogP contribution in [0.5, 0.6) is 5.88 Å². The van der Waals surface area contributed by atoms with Gasteiger partial charge in [0.05, 0.1) is 23.5 Å². The summed E-state index contributed by atoms with van der Waals surface area (Å²) in [5.41, 5.74) is -0.683. The Morgan fingerprint density at radius 2 is 1.85 bits per heavy atom. The minimum Gasteiger partial charge on any atom is -0.471 e. The molecule has 2 aromatic rings. The summed E-state index contributed by atoms with van der Waals surface area (Å²) in [4.78, 5) is 3.71. The van der Waals surface area contributed by atoms with Crippen LogP contribution in [0.4, 0.5) is 13.2 Å². The van der Waals surface area contributed by atoms with E-state index in [1.807, 2.05) is 6.07 Å². The molecular formula is C16H12F3N3O3S. The Kier molecular flexibility index (Phi) is 4.60. The van der Waals surface area contributed by atoms with E-state index < -0.39 is 27.9 Å². The molecule has 0 amide bonds. The average Bonchev–Trinajstić information content (AvgIpc) is 2.57. The number of ether oxygens (including phenoxy) is 1. The number of nitriles is 1. The molecule has 0 atom stereocenters. The molecule has 3 rings (SSSR count). The zero-order chi connectivity index (χ0) is 18.9. The molecule has 10 heteroatoms. The van der Waals surface area contributed by atoms with Crippen LogP contribution in [0.1, 0.15) is 11.1 Å². The van der Waals surface area contributed by atoms with E-state index in [-0.39, 0.29) is 29.4 Å². The topological polar surface area (TPSA) is 83.3 Å². The van der Waals surface area contributed by atoms with E-state index in [2.05, 4.69) is 4.98 Å². The van der Waals surface area contributed by atoms with E-state index in [1.54, 1.807) is 6.07 Å². The third kappa shape index (κ3) is 3.49. The fourth-order valence-electron chi connectivity index (χ4n) is 2.36. The Hall–Kier alpha value is -2.64. The van der Waals surface area contributed by atoms with Gasteiger partial charge in [-0.2, -0.15) is 22.7 Å². The number of alkyl halides is 3. The molecule has 6 nitrogen and oxygen atoms in total. The second-order valence-corrected chi connectivity index (χ2v) is 7.49. The Bertz CT molecular complexity index is 947. The van der Waals surface area contributed by atoms with Crippen molar-refractivity contribution in [2.24, 2.45) is 0 Å². The second kappa shape index (κ2) is 6.59. The quantitative estimate of drug-likeness (QED) is 0.810. The molecule has 26 heavy (non-hydrogen) atoms. The third-order valence-electron chi connectivity index (χ3n) is 3.80. The molecule has 1 saturated heterocycles. The van der Waals surface area contributed by atoms with Crippen LogP contribution in [0.25, 0.3) is 0 Å². The van der Waals surface area contributed by atoms with Crippen molar-refractivity contribution in [3.05, 3.63) is 53.7 Å². The van der Waals surface area contributed by atoms with Crippen molar-refractivity contribution in [1.82, 2.24) is 9.29 Å². The highest BCUT2D eigenvalue weighted by Crippen LogP contribution is 2.31. The lowest BCUT2D eigenvalue weighted by Gasteiger charge is -2.37. The molecule has 1 aromatic heterocycles. The first kappa shape index (κ1) is 18.2. The van der Waals surface area contributed by atoms with E-state index in [0.717, 1.165) is 28.6 Å². The van der Waals surface area contributed by atoms with Crippen molar-refractivity contribution in [2.75, 3.05) is 13.1 Å². The molecule has 1 aromatic carbocycles. The predicted octanol–water partition coefficient (Wildman–Crippen LogP) is 2.42. The largest absolute Gasteiger partial charge is 0.471 e. The van der Waals surface area contributed by atoms with E-state index in [0.29, 0.717) is 0 Å². The Labute approximate surface area is 147 Å². The molecule has 0 spiro atoms. The van der Waals surface area contributed by atoms with Crippen molar-refractivity contribution < 1.29 is 26.3 Å². The SMILES string of the molecule is N#Cc1cccnc1OC1CN(S(=O)(=O)c2ccc(C(F)(F)F)cc2)C1. The molecule has 1 aliphatic heterocycles. The summed E-state index contributed by atoms with van der Waals surface area (Å²) in [6.07, 6.45) is -3.56. The standard InChI is InChI=1S/C16H12F3N3O3S/c17-16(18,19)12-3-5-14(6-4-12)26(23,24)22-9-13(10-22)25-15-11(8-20)2-1-7-21-15/h1-7,13H,9-10H2. The molecule has 0 radical (unpaired) electrons. The maximum absolute atomic E-state index is 12.6. The van der Waals surface area contributed by atoms with Gasteiger partial charge >= 0.3 is 6.18 Å². The molecule has 136 valence electrons. The molecule has 0 N–H and O–H groups in total. The number of rotatable bonds is 4. The number of pyridine rings is 1. The van der Waals surface area contributed by atoms with Crippen molar-refractivity contribution in [2.45, 2.75) is 17.2 Å². The molecule has 1 aliphatic rings. The van der Waals surface area contributed by atoms with Crippen LogP contribution < -0.4 is 4.74 Å². The van der Waals surface area contributed by atoms with Crippen molar-refractivity contribution in [3.63, 3.8) is 0 Å². The summed E-state index contributed by atoms with van der Waals surface area (Å²) in [5.74, 6) is 0.117. The van der Waals surface area contributed by atoms with Gasteiger partial charge in [-0.25, -0.2) is 13.4 Å². The lowest BCUT2D eigenvalue weighted by Crippen LogP contribution is -2.56. The fourth-order valence-corrected chi connectivity index (χ4v) is 3.87. The van der Waals surface area contributed by atoms with Crippen LogP contribution in [-0.4, -0.2) is 36.9 Å². The van der Waals surface area contributed by atoms with Crippen molar-refractivity contribution in [3.8, 4) is 11.9 Å². The van der Waals surface area contributed by atoms with Gasteiger partial charge in [0, 0.05) is 6.20 Å². The van der Waals surface area contributed by atoms with Gasteiger partial charge in [0.25, 0.3) is 0 Å². The lowest BCUT2D eigenvalue weighted by molar-refractivity contribution is -0.137. The van der Waals surface area contributed by atoms with Gasteiger partial charge in [-0.3, -0.25) is 0 Å². The molecule has 0 aliphatic carbocycles. The highest BCUT2D eigenvalue weighted by molar-refractivity contribution is 7.89. The summed E-state index contributed by atoms with van der Waals surface area (Å²) < 4.78 is 69.1. The molecule has 2 heterocycles. The van der Waals surface area contributed by atoms with Gasteiger partial charge in [0.15, 0.2) is 0 Å². The number of benzene rings is 1. The number of nitrogens with zero attached hydrogens (tertiary/aromatic N) is 3. The summed E-state index contributed by atoms with van der Waals surface area (Å²) in [6, 6.07) is 8.34. The van der Waals surface area contributed by atoms with Crippen LogP contribution in [0.3, 0.4) is 0 Å². The summed E-state index contributed by atoms with van der Waals surface area (Å²) in [6.45, 7) is 0.0373. The first-order chi connectivity index (χ1) is 12.2. The Morgan fingerprint density at radius 3 is 2.42 bits per heavy atom. The minimum atomic E-state index is -4.53. The van der Waals surface area contributed by atoms with E-state index in [1.165, 1.54) is 12.3 Å². The summed E-state index contributed by atoms with van der Waals surface area (Å²) in [7, 11) is -3.90. The van der Waals surface area contributed by atoms with Gasteiger partial charge in [0.1, 0.15) is 17.7 Å². The normalized spacial score (nSPS) is 15.9. The third-order valence-corrected chi connectivity index (χ3v) is 5.65. The van der Waals surface area contributed by atoms with Crippen LogP contribution >= 0.6 is 0 Å². The maximum atomic E-state index is 12.6. The number of sulfonamides is 1. The van der Waals surface area contributed by atoms with Crippen LogP contribution in [0.15, 0.2) is 47.5 Å². The Morgan fingerprint density at radius 1 is 1.19 bits per heavy atom. The average molecular weight is 383 g/mol. The number of hydrogen-bond acceptors (Lipinski definition) is 5. The number of hydrogen-bond donors (Lipinski definition) is 0. The van der Waals surface area contributed by atoms with E-state index >= 15 is 0 Å². The minimum absolute atomic E-state index is 0.0186. The first-order valence-corrected chi connectivity index (χ1v) is 8.85. The monoisotopic (exact) mass is 383 g/mol. The molecule has 0 unspecified atom stereocenters. The zero-order valence-electron chi connectivity index (χ0n) is 13.1. The molecular weight excluding hydrogens is 371 g/mol. The molecule has 1 fully saturated rings. The van der Waals surface area contributed by atoms with Gasteiger partial charge in [0.2, 0.25) is 15.9 Å². The smallest absolute Gasteiger partial charge is 0.416 e. The number of halogens is 3. The summed E-state index contributed by atoms with van der Waals surface area (Å²) in [5, 5.41) is 8.98. The lowest BCUT2D eigenvalue weighted by atomic mass is 10.2. The summed E-state index contributed by atoms with van der Waals surface area (Å²) >= 11 is 0. The van der Waals surface area contributed by atoms with E-state index in [9.17, 15) is 21.6 Å². The zero-order valence-corrected chi connectivity index (χ0v) is 14.0. The van der Waals surface area contributed by atoms with Crippen molar-refractivity contribution >= 4 is 10.0 Å². The fraction of sp³-hybridized carbons (Fsp3) is 0.250. The van der Waals surface area contributed by atoms with Gasteiger partial charge < -0.3 is 4.74 Å². The van der Waals surface area contributed by atoms with E-state index in [4.69, 9.17) is 10.00 Å². The number of aromatic nitrogens is 1. The van der Waals surface area contributed by atoms with Gasteiger partial charge in [-0.1, -0.05) is 0 Å². The first-order valence-electron chi connectivity index (χ1n) is 7.41. The maximum Gasteiger partial charge on any atom is 0.416 e. The second-order valence-electron chi connectivity index (χ2n) is 5.55. The van der Waals surface area contributed by atoms with Gasteiger partial charge in [-0.15, -0.1) is 0 Å².